The Labute approximate surface area is 128 Å². The molecule has 2 fully saturated rings. The fourth-order valence-electron chi connectivity index (χ4n) is 3.24. The highest BCUT2D eigenvalue weighted by molar-refractivity contribution is 9.10. The first-order valence-electron chi connectivity index (χ1n) is 7.18. The fraction of sp³-hybridized carbons (Fsp3) is 0.533. The zero-order valence-electron chi connectivity index (χ0n) is 11.5. The summed E-state index contributed by atoms with van der Waals surface area (Å²) in [5.41, 5.74) is 6.92. The molecule has 1 aromatic carbocycles. The van der Waals surface area contributed by atoms with Gasteiger partial charge in [-0.05, 0) is 46.9 Å². The Balaban J connectivity index is 1.68. The number of nitrogens with zero attached hydrogens (tertiary/aromatic N) is 2. The van der Waals surface area contributed by atoms with Crippen molar-refractivity contribution in [3.8, 4) is 0 Å². The molecule has 0 radical (unpaired) electrons. The number of carbonyl (C=O) groups excluding carboxylic acids is 1. The molecule has 0 bridgehead atoms. The standard InChI is InChI=1S/C15H20BrN3O/c16-13-3-1-2-4-14(13)18-6-5-12(10-18)19-9-11(8-17)7-15(19)20/h1-4,11-12H,5-10,17H2. The lowest BCUT2D eigenvalue weighted by atomic mass is 10.1. The van der Waals surface area contributed by atoms with Gasteiger partial charge >= 0.3 is 0 Å². The maximum atomic E-state index is 12.1. The van der Waals surface area contributed by atoms with Gasteiger partial charge in [0, 0.05) is 30.5 Å². The van der Waals surface area contributed by atoms with Crippen molar-refractivity contribution in [2.45, 2.75) is 18.9 Å². The molecule has 2 aliphatic heterocycles. The van der Waals surface area contributed by atoms with Crippen molar-refractivity contribution in [3.05, 3.63) is 28.7 Å². The van der Waals surface area contributed by atoms with E-state index >= 15 is 0 Å². The molecule has 3 rings (SSSR count). The van der Waals surface area contributed by atoms with Gasteiger partial charge in [-0.1, -0.05) is 12.1 Å². The van der Waals surface area contributed by atoms with Crippen molar-refractivity contribution < 1.29 is 4.79 Å². The number of likely N-dealkylation sites (tertiary alicyclic amines) is 1. The second-order valence-corrected chi connectivity index (χ2v) is 6.55. The van der Waals surface area contributed by atoms with E-state index in [1.54, 1.807) is 0 Å². The maximum Gasteiger partial charge on any atom is 0.223 e. The van der Waals surface area contributed by atoms with Crippen molar-refractivity contribution in [1.29, 1.82) is 0 Å². The molecule has 2 aliphatic rings. The third-order valence-electron chi connectivity index (χ3n) is 4.37. The van der Waals surface area contributed by atoms with Gasteiger partial charge in [-0.3, -0.25) is 4.79 Å². The minimum Gasteiger partial charge on any atom is -0.368 e. The molecule has 4 nitrogen and oxygen atoms in total. The van der Waals surface area contributed by atoms with E-state index in [0.29, 0.717) is 24.9 Å². The molecule has 2 atom stereocenters. The lowest BCUT2D eigenvalue weighted by molar-refractivity contribution is -0.129. The molecular weight excluding hydrogens is 318 g/mol. The van der Waals surface area contributed by atoms with Gasteiger partial charge in [0.1, 0.15) is 0 Å². The maximum absolute atomic E-state index is 12.1. The third kappa shape index (κ3) is 2.56. The van der Waals surface area contributed by atoms with Gasteiger partial charge in [0.2, 0.25) is 5.91 Å². The summed E-state index contributed by atoms with van der Waals surface area (Å²) in [7, 11) is 0. The van der Waals surface area contributed by atoms with E-state index < -0.39 is 0 Å². The molecule has 2 saturated heterocycles. The normalized spacial score (nSPS) is 26.6. The molecule has 2 unspecified atom stereocenters. The van der Waals surface area contributed by atoms with Gasteiger partial charge in [-0.2, -0.15) is 0 Å². The first-order valence-corrected chi connectivity index (χ1v) is 7.97. The quantitative estimate of drug-likeness (QED) is 0.915. The van der Waals surface area contributed by atoms with Crippen LogP contribution in [-0.4, -0.2) is 43.0 Å². The molecule has 0 saturated carbocycles. The Morgan fingerprint density at radius 2 is 2.10 bits per heavy atom. The summed E-state index contributed by atoms with van der Waals surface area (Å²) in [5, 5.41) is 0. The van der Waals surface area contributed by atoms with Crippen LogP contribution in [0.3, 0.4) is 0 Å². The molecule has 108 valence electrons. The third-order valence-corrected chi connectivity index (χ3v) is 5.04. The number of nitrogens with two attached hydrogens (primary N) is 1. The molecule has 2 N–H and O–H groups in total. The van der Waals surface area contributed by atoms with Crippen LogP contribution < -0.4 is 10.6 Å². The van der Waals surface area contributed by atoms with E-state index in [2.05, 4.69) is 39.0 Å². The van der Waals surface area contributed by atoms with Crippen LogP contribution in [-0.2, 0) is 4.79 Å². The zero-order valence-corrected chi connectivity index (χ0v) is 13.1. The van der Waals surface area contributed by atoms with Gasteiger partial charge in [0.05, 0.1) is 11.7 Å². The van der Waals surface area contributed by atoms with Crippen molar-refractivity contribution in [2.24, 2.45) is 11.7 Å². The molecule has 2 heterocycles. The summed E-state index contributed by atoms with van der Waals surface area (Å²) in [6.45, 7) is 3.38. The molecule has 5 heteroatoms. The lowest BCUT2D eigenvalue weighted by Gasteiger charge is -2.25. The van der Waals surface area contributed by atoms with E-state index in [1.165, 1.54) is 5.69 Å². The first-order chi connectivity index (χ1) is 9.69. The van der Waals surface area contributed by atoms with Crippen LogP contribution in [0.15, 0.2) is 28.7 Å². The van der Waals surface area contributed by atoms with Crippen LogP contribution in [0.5, 0.6) is 0 Å². The largest absolute Gasteiger partial charge is 0.368 e. The van der Waals surface area contributed by atoms with Crippen LogP contribution in [0.4, 0.5) is 5.69 Å². The lowest BCUT2D eigenvalue weighted by Crippen LogP contribution is -2.39. The highest BCUT2D eigenvalue weighted by Gasteiger charge is 2.37. The summed E-state index contributed by atoms with van der Waals surface area (Å²) in [5.74, 6) is 0.624. The smallest absolute Gasteiger partial charge is 0.223 e. The molecular formula is C15H20BrN3O. The average Bonchev–Trinajstić information content (AvgIpc) is 3.05. The Morgan fingerprint density at radius 3 is 2.80 bits per heavy atom. The van der Waals surface area contributed by atoms with E-state index in [1.807, 2.05) is 11.0 Å². The Morgan fingerprint density at radius 1 is 1.30 bits per heavy atom. The van der Waals surface area contributed by atoms with Crippen molar-refractivity contribution >= 4 is 27.5 Å². The summed E-state index contributed by atoms with van der Waals surface area (Å²) < 4.78 is 1.12. The molecule has 20 heavy (non-hydrogen) atoms. The van der Waals surface area contributed by atoms with Crippen molar-refractivity contribution in [2.75, 3.05) is 31.1 Å². The summed E-state index contributed by atoms with van der Waals surface area (Å²) in [6, 6.07) is 8.61. The van der Waals surface area contributed by atoms with E-state index in [0.717, 1.165) is 30.5 Å². The Bertz CT molecular complexity index is 508. The number of para-hydroxylation sites is 1. The number of carbonyl (C=O) groups is 1. The predicted octanol–water partition coefficient (Wildman–Crippen LogP) is 1.83. The number of hydrogen-bond donors (Lipinski definition) is 1. The fourth-order valence-corrected chi connectivity index (χ4v) is 3.78. The SMILES string of the molecule is NCC1CC(=O)N(C2CCN(c3ccccc3Br)C2)C1. The van der Waals surface area contributed by atoms with Crippen LogP contribution in [0.2, 0.25) is 0 Å². The number of amides is 1. The number of rotatable bonds is 3. The Kier molecular flexibility index (Phi) is 3.98. The molecule has 1 amide bonds. The van der Waals surface area contributed by atoms with Gasteiger partial charge in [-0.25, -0.2) is 0 Å². The average molecular weight is 338 g/mol. The highest BCUT2D eigenvalue weighted by Crippen LogP contribution is 2.31. The number of hydrogen-bond acceptors (Lipinski definition) is 3. The van der Waals surface area contributed by atoms with Crippen LogP contribution in [0.1, 0.15) is 12.8 Å². The highest BCUT2D eigenvalue weighted by atomic mass is 79.9. The van der Waals surface area contributed by atoms with Crippen molar-refractivity contribution in [3.63, 3.8) is 0 Å². The summed E-state index contributed by atoms with van der Waals surface area (Å²) >= 11 is 3.60. The molecule has 1 aromatic rings. The number of halogens is 1. The zero-order chi connectivity index (χ0) is 14.1. The molecule has 0 spiro atoms. The van der Waals surface area contributed by atoms with E-state index in [9.17, 15) is 4.79 Å². The predicted molar refractivity (Wildman–Crippen MR) is 83.6 cm³/mol. The van der Waals surface area contributed by atoms with Crippen molar-refractivity contribution in [1.82, 2.24) is 4.90 Å². The second-order valence-electron chi connectivity index (χ2n) is 5.69. The molecule has 0 aliphatic carbocycles. The molecule has 0 aromatic heterocycles. The van der Waals surface area contributed by atoms with Crippen LogP contribution >= 0.6 is 15.9 Å². The second kappa shape index (κ2) is 5.74. The summed E-state index contributed by atoms with van der Waals surface area (Å²) in [4.78, 5) is 16.5. The van der Waals surface area contributed by atoms with Gasteiger partial charge < -0.3 is 15.5 Å². The number of benzene rings is 1. The number of anilines is 1. The van der Waals surface area contributed by atoms with Gasteiger partial charge in [0.15, 0.2) is 0 Å². The minimum atomic E-state index is 0.277. The first kappa shape index (κ1) is 13.9. The van der Waals surface area contributed by atoms with Gasteiger partial charge in [0.25, 0.3) is 0 Å². The monoisotopic (exact) mass is 337 g/mol. The van der Waals surface area contributed by atoms with Gasteiger partial charge in [-0.15, -0.1) is 0 Å². The Hall–Kier alpha value is -1.07. The van der Waals surface area contributed by atoms with Crippen LogP contribution in [0, 0.1) is 5.92 Å². The minimum absolute atomic E-state index is 0.277. The van der Waals surface area contributed by atoms with E-state index in [4.69, 9.17) is 5.73 Å². The summed E-state index contributed by atoms with van der Waals surface area (Å²) in [6.07, 6.45) is 1.67. The van der Waals surface area contributed by atoms with Crippen LogP contribution in [0.25, 0.3) is 0 Å². The topological polar surface area (TPSA) is 49.6 Å². The van der Waals surface area contributed by atoms with E-state index in [-0.39, 0.29) is 5.91 Å².